The highest BCUT2D eigenvalue weighted by molar-refractivity contribution is 5.50. The summed E-state index contributed by atoms with van der Waals surface area (Å²) < 4.78 is 1.37. The van der Waals surface area contributed by atoms with Gasteiger partial charge in [-0.2, -0.15) is 10.4 Å². The zero-order valence-corrected chi connectivity index (χ0v) is 11.2. The Hall–Kier alpha value is -2.40. The predicted molar refractivity (Wildman–Crippen MR) is 72.5 cm³/mol. The van der Waals surface area contributed by atoms with Crippen LogP contribution in [0.4, 0.5) is 5.82 Å². The average Bonchev–Trinajstić information content (AvgIpc) is 2.87. The van der Waals surface area contributed by atoms with Gasteiger partial charge in [0, 0.05) is 32.2 Å². The first kappa shape index (κ1) is 12.6. The Morgan fingerprint density at radius 2 is 2.15 bits per heavy atom. The number of fused-ring (bicyclic) bond motifs is 1. The molecule has 1 atom stereocenters. The summed E-state index contributed by atoms with van der Waals surface area (Å²) in [6.07, 6.45) is 1.49. The molecule has 0 radical (unpaired) electrons. The number of hydrogen-bond acceptors (Lipinski definition) is 6. The Bertz CT molecular complexity index is 704. The molecular formula is C12H15N7O. The van der Waals surface area contributed by atoms with E-state index >= 15 is 0 Å². The molecule has 1 saturated heterocycles. The van der Waals surface area contributed by atoms with Crippen molar-refractivity contribution in [3.63, 3.8) is 0 Å². The lowest BCUT2D eigenvalue weighted by Crippen LogP contribution is -2.49. The van der Waals surface area contributed by atoms with Gasteiger partial charge in [0.05, 0.1) is 12.1 Å². The molecule has 3 rings (SSSR count). The van der Waals surface area contributed by atoms with Crippen molar-refractivity contribution >= 4 is 11.5 Å². The van der Waals surface area contributed by atoms with Gasteiger partial charge >= 0.3 is 5.69 Å². The quantitative estimate of drug-likeness (QED) is 0.789. The maximum atomic E-state index is 11.4. The molecule has 1 aliphatic heterocycles. The Balaban J connectivity index is 1.77. The zero-order valence-electron chi connectivity index (χ0n) is 11.2. The topological polar surface area (TPSA) is 93.3 Å². The van der Waals surface area contributed by atoms with Crippen LogP contribution < -0.4 is 10.6 Å². The number of nitriles is 1. The highest BCUT2D eigenvalue weighted by Gasteiger charge is 2.21. The number of rotatable bonds is 2. The summed E-state index contributed by atoms with van der Waals surface area (Å²) in [5.74, 6) is 0.806. The minimum atomic E-state index is -0.285. The Morgan fingerprint density at radius 1 is 1.40 bits per heavy atom. The summed E-state index contributed by atoms with van der Waals surface area (Å²) >= 11 is 0. The number of nitrogens with one attached hydrogen (secondary N) is 1. The minimum absolute atomic E-state index is 0.0579. The second-order valence-corrected chi connectivity index (χ2v) is 4.83. The van der Waals surface area contributed by atoms with Crippen molar-refractivity contribution in [2.24, 2.45) is 0 Å². The van der Waals surface area contributed by atoms with Gasteiger partial charge in [-0.15, -0.1) is 0 Å². The maximum absolute atomic E-state index is 11.4. The summed E-state index contributed by atoms with van der Waals surface area (Å²) in [6.45, 7) is 5.19. The fourth-order valence-electron chi connectivity index (χ4n) is 2.39. The van der Waals surface area contributed by atoms with Gasteiger partial charge in [-0.05, 0) is 6.92 Å². The zero-order chi connectivity index (χ0) is 14.1. The second-order valence-electron chi connectivity index (χ2n) is 4.83. The van der Waals surface area contributed by atoms with Crippen LogP contribution in [0, 0.1) is 11.3 Å². The van der Waals surface area contributed by atoms with Crippen LogP contribution in [-0.4, -0.2) is 56.7 Å². The fraction of sp³-hybridized carbons (Fsp3) is 0.500. The Labute approximate surface area is 115 Å². The number of anilines is 1. The molecule has 20 heavy (non-hydrogen) atoms. The monoisotopic (exact) mass is 273 g/mol. The molecule has 0 aromatic carbocycles. The van der Waals surface area contributed by atoms with E-state index in [2.05, 4.69) is 31.1 Å². The molecule has 8 heteroatoms. The summed E-state index contributed by atoms with van der Waals surface area (Å²) in [5.41, 5.74) is 0.277. The van der Waals surface area contributed by atoms with Crippen molar-refractivity contribution in [2.45, 2.75) is 13.0 Å². The lowest BCUT2D eigenvalue weighted by Gasteiger charge is -2.36. The molecule has 1 N–H and O–H groups in total. The van der Waals surface area contributed by atoms with E-state index in [0.717, 1.165) is 32.0 Å². The highest BCUT2D eigenvalue weighted by atomic mass is 16.1. The van der Waals surface area contributed by atoms with E-state index in [1.165, 1.54) is 10.7 Å². The van der Waals surface area contributed by atoms with Gasteiger partial charge in [-0.1, -0.05) is 0 Å². The number of H-pyrrole nitrogens is 1. The first-order valence-corrected chi connectivity index (χ1v) is 6.50. The highest BCUT2D eigenvalue weighted by Crippen LogP contribution is 2.15. The van der Waals surface area contributed by atoms with Gasteiger partial charge in [0.25, 0.3) is 0 Å². The van der Waals surface area contributed by atoms with Crippen LogP contribution >= 0.6 is 0 Å². The van der Waals surface area contributed by atoms with Gasteiger partial charge in [-0.3, -0.25) is 4.90 Å². The van der Waals surface area contributed by atoms with Crippen LogP contribution in [0.5, 0.6) is 0 Å². The fourth-order valence-corrected chi connectivity index (χ4v) is 2.39. The van der Waals surface area contributed by atoms with Crippen molar-refractivity contribution in [1.82, 2.24) is 24.5 Å². The van der Waals surface area contributed by atoms with Crippen molar-refractivity contribution in [2.75, 3.05) is 31.1 Å². The third kappa shape index (κ3) is 2.12. The molecule has 0 bridgehead atoms. The minimum Gasteiger partial charge on any atom is -0.354 e. The number of aromatic nitrogens is 4. The van der Waals surface area contributed by atoms with Crippen molar-refractivity contribution in [3.8, 4) is 6.07 Å². The average molecular weight is 273 g/mol. The number of nitrogens with zero attached hydrogens (tertiary/aromatic N) is 6. The largest absolute Gasteiger partial charge is 0.354 e. The smallest absolute Gasteiger partial charge is 0.348 e. The Morgan fingerprint density at radius 3 is 2.85 bits per heavy atom. The van der Waals surface area contributed by atoms with E-state index in [0.29, 0.717) is 5.65 Å². The van der Waals surface area contributed by atoms with Crippen molar-refractivity contribution in [3.05, 3.63) is 22.9 Å². The van der Waals surface area contributed by atoms with E-state index < -0.39 is 0 Å². The SMILES string of the molecule is CC(C#N)N1CCN(c2cc3n[nH]c(=O)n3cn2)CC1. The lowest BCUT2D eigenvalue weighted by molar-refractivity contribution is 0.231. The number of hydrogen-bond donors (Lipinski definition) is 1. The first-order chi connectivity index (χ1) is 9.69. The molecule has 1 aliphatic rings. The third-order valence-corrected chi connectivity index (χ3v) is 3.67. The predicted octanol–water partition coefficient (Wildman–Crippen LogP) is -0.548. The molecule has 0 saturated carbocycles. The first-order valence-electron chi connectivity index (χ1n) is 6.50. The van der Waals surface area contributed by atoms with Crippen LogP contribution in [0.1, 0.15) is 6.92 Å². The van der Waals surface area contributed by atoms with E-state index in [4.69, 9.17) is 5.26 Å². The van der Waals surface area contributed by atoms with Crippen LogP contribution in [-0.2, 0) is 0 Å². The lowest BCUT2D eigenvalue weighted by atomic mass is 10.2. The summed E-state index contributed by atoms with van der Waals surface area (Å²) in [4.78, 5) is 20.0. The van der Waals surface area contributed by atoms with E-state index in [-0.39, 0.29) is 11.7 Å². The molecule has 2 aromatic rings. The number of aromatic amines is 1. The Kier molecular flexibility index (Phi) is 3.12. The molecule has 3 heterocycles. The molecule has 0 spiro atoms. The molecule has 8 nitrogen and oxygen atoms in total. The van der Waals surface area contributed by atoms with Crippen LogP contribution in [0.25, 0.3) is 5.65 Å². The van der Waals surface area contributed by atoms with E-state index in [1.807, 2.05) is 6.92 Å². The molecular weight excluding hydrogens is 258 g/mol. The van der Waals surface area contributed by atoms with Crippen molar-refractivity contribution < 1.29 is 0 Å². The van der Waals surface area contributed by atoms with Gasteiger partial charge in [0.2, 0.25) is 0 Å². The van der Waals surface area contributed by atoms with Gasteiger partial charge < -0.3 is 4.90 Å². The van der Waals surface area contributed by atoms with Crippen LogP contribution in [0.2, 0.25) is 0 Å². The molecule has 2 aromatic heterocycles. The molecule has 1 fully saturated rings. The third-order valence-electron chi connectivity index (χ3n) is 3.67. The number of piperazine rings is 1. The molecule has 104 valence electrons. The van der Waals surface area contributed by atoms with Gasteiger partial charge in [-0.25, -0.2) is 19.3 Å². The normalized spacial score (nSPS) is 18.1. The van der Waals surface area contributed by atoms with E-state index in [9.17, 15) is 4.79 Å². The van der Waals surface area contributed by atoms with Crippen LogP contribution in [0.3, 0.4) is 0 Å². The van der Waals surface area contributed by atoms with Crippen LogP contribution in [0.15, 0.2) is 17.2 Å². The second kappa shape index (κ2) is 4.94. The molecule has 0 aliphatic carbocycles. The van der Waals surface area contributed by atoms with E-state index in [1.54, 1.807) is 6.07 Å². The summed E-state index contributed by atoms with van der Waals surface area (Å²) in [6, 6.07) is 3.99. The van der Waals surface area contributed by atoms with Gasteiger partial charge in [0.15, 0.2) is 5.65 Å². The maximum Gasteiger partial charge on any atom is 0.348 e. The van der Waals surface area contributed by atoms with Gasteiger partial charge in [0.1, 0.15) is 12.1 Å². The molecule has 0 amide bonds. The summed E-state index contributed by atoms with van der Waals surface area (Å²) in [5, 5.41) is 15.3. The standard InChI is InChI=1S/C12H15N7O/c1-9(7-13)17-2-4-18(5-3-17)10-6-11-15-16-12(20)19(11)8-14-10/h6,8-9H,2-5H2,1H3,(H,16,20). The molecule has 1 unspecified atom stereocenters. The summed E-state index contributed by atoms with van der Waals surface area (Å²) in [7, 11) is 0. The van der Waals surface area contributed by atoms with Crippen molar-refractivity contribution in [1.29, 1.82) is 5.26 Å².